The number of aldehydes is 1. The summed E-state index contributed by atoms with van der Waals surface area (Å²) >= 11 is 6.78. The predicted molar refractivity (Wildman–Crippen MR) is 55.6 cm³/mol. The lowest BCUT2D eigenvalue weighted by molar-refractivity contribution is 0.112. The molecule has 0 aliphatic heterocycles. The van der Waals surface area contributed by atoms with Gasteiger partial charge in [0.05, 0.1) is 6.26 Å². The van der Waals surface area contributed by atoms with E-state index in [1.165, 1.54) is 0 Å². The SMILES string of the molecule is O=Cc1sc(OCc2ccco2)nc1Cl. The number of carbonyl (C=O) groups excluding carboxylic acids is 1. The molecule has 0 fully saturated rings. The Labute approximate surface area is 94.5 Å². The summed E-state index contributed by atoms with van der Waals surface area (Å²) in [4.78, 5) is 14.7. The Kier molecular flexibility index (Phi) is 3.03. The zero-order chi connectivity index (χ0) is 10.7. The Morgan fingerprint density at radius 2 is 2.53 bits per heavy atom. The molecule has 0 unspecified atom stereocenters. The number of carbonyl (C=O) groups is 1. The van der Waals surface area contributed by atoms with Gasteiger partial charge in [-0.2, -0.15) is 4.98 Å². The van der Waals surface area contributed by atoms with Crippen LogP contribution in [-0.4, -0.2) is 11.3 Å². The van der Waals surface area contributed by atoms with Gasteiger partial charge in [0.15, 0.2) is 11.4 Å². The molecule has 2 aromatic heterocycles. The molecule has 6 heteroatoms. The predicted octanol–water partition coefficient (Wildman–Crippen LogP) is 2.78. The monoisotopic (exact) mass is 243 g/mol. The van der Waals surface area contributed by atoms with Crippen LogP contribution in [0.3, 0.4) is 0 Å². The van der Waals surface area contributed by atoms with Gasteiger partial charge < -0.3 is 9.15 Å². The lowest BCUT2D eigenvalue weighted by Crippen LogP contribution is -1.92. The molecule has 2 aromatic rings. The van der Waals surface area contributed by atoms with E-state index < -0.39 is 0 Å². The van der Waals surface area contributed by atoms with E-state index in [4.69, 9.17) is 20.8 Å². The van der Waals surface area contributed by atoms with Crippen LogP contribution < -0.4 is 4.74 Å². The van der Waals surface area contributed by atoms with Crippen molar-refractivity contribution < 1.29 is 13.9 Å². The van der Waals surface area contributed by atoms with Gasteiger partial charge in [0.1, 0.15) is 17.2 Å². The Bertz CT molecular complexity index is 452. The van der Waals surface area contributed by atoms with E-state index in [0.717, 1.165) is 11.3 Å². The number of furan rings is 1. The Morgan fingerprint density at radius 1 is 1.67 bits per heavy atom. The van der Waals surface area contributed by atoms with Crippen molar-refractivity contribution in [1.29, 1.82) is 0 Å². The second-order valence-corrected chi connectivity index (χ2v) is 3.97. The summed E-state index contributed by atoms with van der Waals surface area (Å²) in [5.74, 6) is 0.689. The number of thiazole rings is 1. The number of ether oxygens (including phenoxy) is 1. The Balaban J connectivity index is 2.02. The number of rotatable bonds is 4. The van der Waals surface area contributed by atoms with E-state index in [2.05, 4.69) is 4.98 Å². The molecule has 0 bridgehead atoms. The highest BCUT2D eigenvalue weighted by molar-refractivity contribution is 7.15. The van der Waals surface area contributed by atoms with Crippen molar-refractivity contribution in [3.63, 3.8) is 0 Å². The standard InChI is InChI=1S/C9H6ClNO3S/c10-8-7(4-12)15-9(11-8)14-5-6-2-1-3-13-6/h1-4H,5H2. The van der Waals surface area contributed by atoms with Gasteiger partial charge >= 0.3 is 0 Å². The van der Waals surface area contributed by atoms with E-state index in [1.807, 2.05) is 0 Å². The van der Waals surface area contributed by atoms with Crippen LogP contribution in [0.5, 0.6) is 5.19 Å². The number of halogens is 1. The third-order valence-electron chi connectivity index (χ3n) is 1.62. The minimum Gasteiger partial charge on any atom is -0.466 e. The number of hydrogen-bond donors (Lipinski definition) is 0. The second kappa shape index (κ2) is 4.46. The van der Waals surface area contributed by atoms with Gasteiger partial charge in [-0.25, -0.2) is 0 Å². The number of hydrogen-bond acceptors (Lipinski definition) is 5. The minimum absolute atomic E-state index is 0.171. The fraction of sp³-hybridized carbons (Fsp3) is 0.111. The molecule has 0 aliphatic rings. The van der Waals surface area contributed by atoms with Gasteiger partial charge in [-0.1, -0.05) is 22.9 Å². The van der Waals surface area contributed by atoms with Crippen molar-refractivity contribution in [2.45, 2.75) is 6.61 Å². The third kappa shape index (κ3) is 2.37. The Morgan fingerprint density at radius 3 is 3.13 bits per heavy atom. The molecule has 2 rings (SSSR count). The van der Waals surface area contributed by atoms with Crippen molar-refractivity contribution in [1.82, 2.24) is 4.98 Å². The highest BCUT2D eigenvalue weighted by Crippen LogP contribution is 2.27. The maximum absolute atomic E-state index is 10.5. The van der Waals surface area contributed by atoms with Crippen LogP contribution in [0, 0.1) is 0 Å². The van der Waals surface area contributed by atoms with E-state index in [0.29, 0.717) is 22.1 Å². The minimum atomic E-state index is 0.171. The van der Waals surface area contributed by atoms with Crippen LogP contribution in [0.4, 0.5) is 0 Å². The molecule has 0 aromatic carbocycles. The van der Waals surface area contributed by atoms with Gasteiger partial charge in [-0.05, 0) is 12.1 Å². The van der Waals surface area contributed by atoms with E-state index in [-0.39, 0.29) is 11.8 Å². The normalized spacial score (nSPS) is 10.2. The molecule has 0 radical (unpaired) electrons. The molecule has 0 atom stereocenters. The average Bonchev–Trinajstić information content (AvgIpc) is 2.83. The molecular formula is C9H6ClNO3S. The maximum atomic E-state index is 10.5. The summed E-state index contributed by atoms with van der Waals surface area (Å²) in [6.45, 7) is 0.273. The van der Waals surface area contributed by atoms with E-state index in [1.54, 1.807) is 18.4 Å². The van der Waals surface area contributed by atoms with Gasteiger partial charge in [0, 0.05) is 0 Å². The zero-order valence-electron chi connectivity index (χ0n) is 7.47. The van der Waals surface area contributed by atoms with Crippen LogP contribution >= 0.6 is 22.9 Å². The molecule has 0 saturated carbocycles. The highest BCUT2D eigenvalue weighted by Gasteiger charge is 2.09. The molecule has 0 amide bonds. The van der Waals surface area contributed by atoms with Gasteiger partial charge in [0.2, 0.25) is 0 Å². The molecule has 15 heavy (non-hydrogen) atoms. The van der Waals surface area contributed by atoms with Crippen LogP contribution in [0.1, 0.15) is 15.4 Å². The van der Waals surface area contributed by atoms with Crippen molar-refractivity contribution in [2.75, 3.05) is 0 Å². The zero-order valence-corrected chi connectivity index (χ0v) is 9.05. The first-order chi connectivity index (χ1) is 7.29. The Hall–Kier alpha value is -1.33. The van der Waals surface area contributed by atoms with Gasteiger partial charge in [-0.15, -0.1) is 0 Å². The van der Waals surface area contributed by atoms with Crippen molar-refractivity contribution >= 4 is 29.2 Å². The largest absolute Gasteiger partial charge is 0.466 e. The molecule has 4 nitrogen and oxygen atoms in total. The van der Waals surface area contributed by atoms with Gasteiger partial charge in [0.25, 0.3) is 5.19 Å². The molecule has 0 saturated heterocycles. The summed E-state index contributed by atoms with van der Waals surface area (Å²) in [7, 11) is 0. The van der Waals surface area contributed by atoms with Crippen LogP contribution in [0.15, 0.2) is 22.8 Å². The first-order valence-corrected chi connectivity index (χ1v) is 5.25. The van der Waals surface area contributed by atoms with Gasteiger partial charge in [-0.3, -0.25) is 4.79 Å². The lowest BCUT2D eigenvalue weighted by Gasteiger charge is -1.97. The fourth-order valence-corrected chi connectivity index (χ4v) is 1.86. The fourth-order valence-electron chi connectivity index (χ4n) is 0.956. The van der Waals surface area contributed by atoms with E-state index >= 15 is 0 Å². The highest BCUT2D eigenvalue weighted by atomic mass is 35.5. The first-order valence-electron chi connectivity index (χ1n) is 4.06. The molecule has 2 heterocycles. The molecular weight excluding hydrogens is 238 g/mol. The van der Waals surface area contributed by atoms with Crippen molar-refractivity contribution in [3.05, 3.63) is 34.2 Å². The van der Waals surface area contributed by atoms with Crippen LogP contribution in [0.2, 0.25) is 5.15 Å². The molecule has 0 spiro atoms. The van der Waals surface area contributed by atoms with Crippen molar-refractivity contribution in [3.8, 4) is 5.19 Å². The molecule has 0 aliphatic carbocycles. The third-order valence-corrected chi connectivity index (χ3v) is 2.91. The summed E-state index contributed by atoms with van der Waals surface area (Å²) in [6, 6.07) is 3.56. The molecule has 78 valence electrons. The summed E-state index contributed by atoms with van der Waals surface area (Å²) in [6.07, 6.45) is 2.21. The topological polar surface area (TPSA) is 52.3 Å². The second-order valence-electron chi connectivity index (χ2n) is 2.62. The van der Waals surface area contributed by atoms with Crippen LogP contribution in [0.25, 0.3) is 0 Å². The van der Waals surface area contributed by atoms with Crippen LogP contribution in [-0.2, 0) is 6.61 Å². The van der Waals surface area contributed by atoms with Crippen molar-refractivity contribution in [2.24, 2.45) is 0 Å². The smallest absolute Gasteiger partial charge is 0.275 e. The molecule has 0 N–H and O–H groups in total. The summed E-state index contributed by atoms with van der Waals surface area (Å²) in [5, 5.41) is 0.531. The lowest BCUT2D eigenvalue weighted by atomic mass is 10.5. The summed E-state index contributed by atoms with van der Waals surface area (Å²) in [5.41, 5.74) is 0. The average molecular weight is 244 g/mol. The first kappa shape index (κ1) is 10.2. The summed E-state index contributed by atoms with van der Waals surface area (Å²) < 4.78 is 10.4. The maximum Gasteiger partial charge on any atom is 0.275 e. The quantitative estimate of drug-likeness (QED) is 0.775. The number of nitrogens with zero attached hydrogens (tertiary/aromatic N) is 1. The number of aromatic nitrogens is 1. The van der Waals surface area contributed by atoms with E-state index in [9.17, 15) is 4.79 Å².